The molecule has 0 spiro atoms. The number of aryl methyl sites for hydroxylation is 2. The van der Waals surface area contributed by atoms with Gasteiger partial charge in [-0.15, -0.1) is 0 Å². The molecule has 1 aromatic heterocycles. The number of hydrogen-bond donors (Lipinski definition) is 1. The van der Waals surface area contributed by atoms with Crippen LogP contribution in [0.2, 0.25) is 0 Å². The number of ether oxygens (including phenoxy) is 1. The number of benzene rings is 1. The highest BCUT2D eigenvalue weighted by Gasteiger charge is 2.02. The Morgan fingerprint density at radius 2 is 2.05 bits per heavy atom. The summed E-state index contributed by atoms with van der Waals surface area (Å²) in [7, 11) is 3.67. The van der Waals surface area contributed by atoms with Gasteiger partial charge < -0.3 is 10.1 Å². The first kappa shape index (κ1) is 13.8. The number of hydrogen-bond acceptors (Lipinski definition) is 3. The maximum absolute atomic E-state index is 5.14. The third-order valence-corrected chi connectivity index (χ3v) is 3.06. The molecular formula is C15H21N3O. The van der Waals surface area contributed by atoms with Gasteiger partial charge in [0.15, 0.2) is 0 Å². The molecule has 102 valence electrons. The van der Waals surface area contributed by atoms with Crippen LogP contribution in [-0.4, -0.2) is 16.9 Å². The Morgan fingerprint density at radius 3 is 2.74 bits per heavy atom. The van der Waals surface area contributed by atoms with Gasteiger partial charge in [0.25, 0.3) is 0 Å². The lowest BCUT2D eigenvalue weighted by atomic mass is 10.1. The monoisotopic (exact) mass is 259 g/mol. The van der Waals surface area contributed by atoms with Crippen molar-refractivity contribution in [1.29, 1.82) is 0 Å². The van der Waals surface area contributed by atoms with Crippen LogP contribution in [0.15, 0.2) is 30.5 Å². The Balaban J connectivity index is 1.88. The third kappa shape index (κ3) is 3.91. The van der Waals surface area contributed by atoms with Crippen LogP contribution in [0.25, 0.3) is 0 Å². The Morgan fingerprint density at radius 1 is 1.26 bits per heavy atom. The summed E-state index contributed by atoms with van der Waals surface area (Å²) in [5.41, 5.74) is 4.81. The lowest BCUT2D eigenvalue weighted by Crippen LogP contribution is -2.13. The van der Waals surface area contributed by atoms with Crippen LogP contribution in [0.3, 0.4) is 0 Å². The molecule has 0 fully saturated rings. The van der Waals surface area contributed by atoms with E-state index in [4.69, 9.17) is 4.74 Å². The number of rotatable bonds is 6. The summed E-state index contributed by atoms with van der Waals surface area (Å²) < 4.78 is 7.00. The molecule has 19 heavy (non-hydrogen) atoms. The molecule has 0 saturated heterocycles. The summed E-state index contributed by atoms with van der Waals surface area (Å²) in [6.07, 6.45) is 2.06. The normalized spacial score (nSPS) is 10.9. The molecular weight excluding hydrogens is 238 g/mol. The molecule has 4 heteroatoms. The lowest BCUT2D eigenvalue weighted by molar-refractivity contribution is 0.185. The van der Waals surface area contributed by atoms with E-state index in [1.807, 2.05) is 18.7 Å². The van der Waals surface area contributed by atoms with Gasteiger partial charge in [-0.2, -0.15) is 5.10 Å². The Hall–Kier alpha value is -1.65. The van der Waals surface area contributed by atoms with Gasteiger partial charge in [-0.25, -0.2) is 0 Å². The second-order valence-electron chi connectivity index (χ2n) is 4.77. The summed E-state index contributed by atoms with van der Waals surface area (Å²) in [5, 5.41) is 7.78. The van der Waals surface area contributed by atoms with Crippen molar-refractivity contribution in [2.24, 2.45) is 7.05 Å². The summed E-state index contributed by atoms with van der Waals surface area (Å²) in [6, 6.07) is 8.45. The maximum Gasteiger partial charge on any atom is 0.0713 e. The highest BCUT2D eigenvalue weighted by Crippen LogP contribution is 2.08. The second-order valence-corrected chi connectivity index (χ2v) is 4.77. The van der Waals surface area contributed by atoms with Crippen LogP contribution in [0, 0.1) is 6.92 Å². The molecule has 0 saturated carbocycles. The molecule has 0 unspecified atom stereocenters. The fraction of sp³-hybridized carbons (Fsp3) is 0.400. The van der Waals surface area contributed by atoms with Gasteiger partial charge >= 0.3 is 0 Å². The minimum Gasteiger partial charge on any atom is -0.380 e. The van der Waals surface area contributed by atoms with E-state index < -0.39 is 0 Å². The highest BCUT2D eigenvalue weighted by atomic mass is 16.5. The van der Waals surface area contributed by atoms with Crippen molar-refractivity contribution in [1.82, 2.24) is 15.1 Å². The van der Waals surface area contributed by atoms with E-state index in [1.165, 1.54) is 16.7 Å². The predicted molar refractivity (Wildman–Crippen MR) is 75.6 cm³/mol. The summed E-state index contributed by atoms with van der Waals surface area (Å²) in [6.45, 7) is 4.39. The second kappa shape index (κ2) is 6.50. The predicted octanol–water partition coefficient (Wildman–Crippen LogP) is 2.16. The SMILES string of the molecule is COCc1cccc(CNCc2cn(C)nc2C)c1. The fourth-order valence-electron chi connectivity index (χ4n) is 2.16. The van der Waals surface area contributed by atoms with Crippen molar-refractivity contribution >= 4 is 0 Å². The molecule has 0 aliphatic rings. The van der Waals surface area contributed by atoms with E-state index in [0.717, 1.165) is 18.8 Å². The van der Waals surface area contributed by atoms with Gasteiger partial charge in [-0.1, -0.05) is 24.3 Å². The van der Waals surface area contributed by atoms with Crippen LogP contribution >= 0.6 is 0 Å². The van der Waals surface area contributed by atoms with Crippen molar-refractivity contribution in [2.45, 2.75) is 26.6 Å². The molecule has 0 radical (unpaired) electrons. The minimum absolute atomic E-state index is 0.662. The van der Waals surface area contributed by atoms with Gasteiger partial charge in [0.05, 0.1) is 12.3 Å². The van der Waals surface area contributed by atoms with Gasteiger partial charge in [-0.3, -0.25) is 4.68 Å². The molecule has 0 amide bonds. The Kier molecular flexibility index (Phi) is 4.71. The van der Waals surface area contributed by atoms with Crippen molar-refractivity contribution in [3.63, 3.8) is 0 Å². The smallest absolute Gasteiger partial charge is 0.0713 e. The molecule has 0 aliphatic heterocycles. The molecule has 0 bridgehead atoms. The van der Waals surface area contributed by atoms with Gasteiger partial charge in [0.2, 0.25) is 0 Å². The third-order valence-electron chi connectivity index (χ3n) is 3.06. The van der Waals surface area contributed by atoms with Crippen LogP contribution in [-0.2, 0) is 31.5 Å². The zero-order valence-corrected chi connectivity index (χ0v) is 11.8. The molecule has 2 aromatic rings. The van der Waals surface area contributed by atoms with E-state index in [-0.39, 0.29) is 0 Å². The average molecular weight is 259 g/mol. The topological polar surface area (TPSA) is 39.1 Å². The van der Waals surface area contributed by atoms with Gasteiger partial charge in [0.1, 0.15) is 0 Å². The molecule has 0 atom stereocenters. The average Bonchev–Trinajstić information content (AvgIpc) is 2.69. The number of aromatic nitrogens is 2. The maximum atomic E-state index is 5.14. The van der Waals surface area contributed by atoms with E-state index in [9.17, 15) is 0 Å². The van der Waals surface area contributed by atoms with Crippen LogP contribution < -0.4 is 5.32 Å². The highest BCUT2D eigenvalue weighted by molar-refractivity contribution is 5.23. The molecule has 4 nitrogen and oxygen atoms in total. The zero-order valence-electron chi connectivity index (χ0n) is 11.8. The first-order valence-electron chi connectivity index (χ1n) is 6.45. The van der Waals surface area contributed by atoms with Crippen LogP contribution in [0.4, 0.5) is 0 Å². The van der Waals surface area contributed by atoms with E-state index in [1.54, 1.807) is 7.11 Å². The van der Waals surface area contributed by atoms with Gasteiger partial charge in [-0.05, 0) is 18.1 Å². The fourth-order valence-corrected chi connectivity index (χ4v) is 2.16. The van der Waals surface area contributed by atoms with E-state index >= 15 is 0 Å². The van der Waals surface area contributed by atoms with Crippen LogP contribution in [0.1, 0.15) is 22.4 Å². The van der Waals surface area contributed by atoms with Crippen molar-refractivity contribution in [3.05, 3.63) is 52.8 Å². The molecule has 2 rings (SSSR count). The molecule has 1 aromatic carbocycles. The Bertz CT molecular complexity index is 534. The molecule has 0 aliphatic carbocycles. The zero-order chi connectivity index (χ0) is 13.7. The largest absolute Gasteiger partial charge is 0.380 e. The minimum atomic E-state index is 0.662. The summed E-state index contributed by atoms with van der Waals surface area (Å²) >= 11 is 0. The number of methoxy groups -OCH3 is 1. The number of nitrogens with zero attached hydrogens (tertiary/aromatic N) is 2. The number of nitrogens with one attached hydrogen (secondary N) is 1. The van der Waals surface area contributed by atoms with Gasteiger partial charge in [0, 0.05) is 39.0 Å². The lowest BCUT2D eigenvalue weighted by Gasteiger charge is -2.06. The first-order chi connectivity index (χ1) is 9.19. The Labute approximate surface area is 114 Å². The first-order valence-corrected chi connectivity index (χ1v) is 6.45. The van der Waals surface area contributed by atoms with E-state index in [2.05, 4.69) is 40.9 Å². The van der Waals surface area contributed by atoms with Crippen molar-refractivity contribution in [2.75, 3.05) is 7.11 Å². The van der Waals surface area contributed by atoms with E-state index in [0.29, 0.717) is 6.61 Å². The van der Waals surface area contributed by atoms with Crippen molar-refractivity contribution < 1.29 is 4.74 Å². The van der Waals surface area contributed by atoms with Crippen molar-refractivity contribution in [3.8, 4) is 0 Å². The molecule has 1 heterocycles. The summed E-state index contributed by atoms with van der Waals surface area (Å²) in [4.78, 5) is 0. The summed E-state index contributed by atoms with van der Waals surface area (Å²) in [5.74, 6) is 0. The standard InChI is InChI=1S/C15H21N3O/c1-12-15(10-18(2)17-12)9-16-8-13-5-4-6-14(7-13)11-19-3/h4-7,10,16H,8-9,11H2,1-3H3. The molecule has 1 N–H and O–H groups in total. The van der Waals surface area contributed by atoms with Crippen LogP contribution in [0.5, 0.6) is 0 Å². The quantitative estimate of drug-likeness (QED) is 0.864.